The van der Waals surface area contributed by atoms with Crippen molar-refractivity contribution in [3.05, 3.63) is 70.6 Å². The monoisotopic (exact) mass is 527 g/mol. The van der Waals surface area contributed by atoms with Crippen LogP contribution in [-0.4, -0.2) is 43.9 Å². The predicted molar refractivity (Wildman–Crippen MR) is 142 cm³/mol. The smallest absolute Gasteiger partial charge is 0.352 e. The lowest BCUT2D eigenvalue weighted by Crippen LogP contribution is -2.42. The van der Waals surface area contributed by atoms with Gasteiger partial charge in [0.2, 0.25) is 15.8 Å². The molecule has 191 valence electrons. The number of esters is 1. The fraction of sp³-hybridized carbons (Fsp3) is 0.370. The van der Waals surface area contributed by atoms with Gasteiger partial charge in [-0.25, -0.2) is 17.5 Å². The highest BCUT2D eigenvalue weighted by molar-refractivity contribution is 7.88. The van der Waals surface area contributed by atoms with E-state index in [9.17, 15) is 18.3 Å². The fourth-order valence-electron chi connectivity index (χ4n) is 4.32. The number of benzene rings is 2. The van der Waals surface area contributed by atoms with Crippen molar-refractivity contribution in [1.29, 1.82) is 0 Å². The van der Waals surface area contributed by atoms with Crippen LogP contribution in [-0.2, 0) is 25.6 Å². The number of carbonyl (C=O) groups excluding carboxylic acids is 1. The van der Waals surface area contributed by atoms with Crippen LogP contribution in [0.15, 0.2) is 54.6 Å². The van der Waals surface area contributed by atoms with E-state index in [1.165, 1.54) is 0 Å². The third-order valence-electron chi connectivity index (χ3n) is 6.15. The molecule has 0 aliphatic carbocycles. The summed E-state index contributed by atoms with van der Waals surface area (Å²) < 4.78 is 32.5. The Balaban J connectivity index is 1.41. The van der Waals surface area contributed by atoms with Gasteiger partial charge in [0, 0.05) is 35.3 Å². The molecule has 9 heteroatoms. The minimum absolute atomic E-state index is 0.0164. The van der Waals surface area contributed by atoms with Crippen molar-refractivity contribution in [3.8, 4) is 16.2 Å². The van der Waals surface area contributed by atoms with Gasteiger partial charge in [0.25, 0.3) is 0 Å². The lowest BCUT2D eigenvalue weighted by Gasteiger charge is -2.32. The number of thiophene rings is 1. The van der Waals surface area contributed by atoms with Crippen LogP contribution >= 0.6 is 11.3 Å². The van der Waals surface area contributed by atoms with E-state index >= 15 is 0 Å². The first kappa shape index (κ1) is 26.2. The van der Waals surface area contributed by atoms with Gasteiger partial charge in [-0.15, -0.1) is 11.3 Å². The molecule has 1 N–H and O–H groups in total. The van der Waals surface area contributed by atoms with Crippen molar-refractivity contribution in [1.82, 2.24) is 4.31 Å². The van der Waals surface area contributed by atoms with Crippen LogP contribution in [0.2, 0.25) is 0 Å². The number of ether oxygens (including phenoxy) is 1. The van der Waals surface area contributed by atoms with Gasteiger partial charge in [-0.3, -0.25) is 5.11 Å². The molecule has 4 rings (SSSR count). The zero-order valence-corrected chi connectivity index (χ0v) is 22.3. The van der Waals surface area contributed by atoms with Gasteiger partial charge in [-0.2, -0.15) is 0 Å². The molecule has 1 aromatic heterocycles. The molecule has 0 bridgehead atoms. The van der Waals surface area contributed by atoms with Crippen LogP contribution in [0.4, 0.5) is 5.69 Å². The topological polar surface area (TPSA) is 95.6 Å². The number of sulfonamides is 1. The Morgan fingerprint density at radius 1 is 1.11 bits per heavy atom. The normalized spacial score (nSPS) is 15.2. The Labute approximate surface area is 216 Å². The van der Waals surface area contributed by atoms with Crippen LogP contribution in [0.1, 0.15) is 47.5 Å². The Bertz CT molecular complexity index is 1310. The number of carbonyl (C=O) groups is 1. The third kappa shape index (κ3) is 6.08. The molecule has 1 aliphatic rings. The summed E-state index contributed by atoms with van der Waals surface area (Å²) in [6.45, 7) is 6.17. The largest absolute Gasteiger partial charge is 0.459 e. The maximum absolute atomic E-state index is 12.8. The van der Waals surface area contributed by atoms with E-state index in [4.69, 9.17) is 4.74 Å². The second-order valence-corrected chi connectivity index (χ2v) is 12.3. The van der Waals surface area contributed by atoms with E-state index in [2.05, 4.69) is 5.32 Å². The number of hydrogen-bond acceptors (Lipinski definition) is 6. The highest BCUT2D eigenvalue weighted by atomic mass is 32.2. The SMILES string of the molecule is Cc1c(-c2cccc(NC3CCN(S(=O)(=O)Cc4ccccc4)CC3)c2)sc(C(=O)OC(C)C)c1[O]. The number of rotatable bonds is 8. The Morgan fingerprint density at radius 3 is 2.47 bits per heavy atom. The van der Waals surface area contributed by atoms with E-state index in [1.807, 2.05) is 54.6 Å². The van der Waals surface area contributed by atoms with Gasteiger partial charge in [0.05, 0.1) is 11.9 Å². The molecule has 7 nitrogen and oxygen atoms in total. The average Bonchev–Trinajstić information content (AvgIpc) is 3.14. The van der Waals surface area contributed by atoms with Crippen molar-refractivity contribution >= 4 is 33.0 Å². The molecule has 1 saturated heterocycles. The minimum atomic E-state index is -3.36. The predicted octanol–water partition coefficient (Wildman–Crippen LogP) is 5.84. The summed E-state index contributed by atoms with van der Waals surface area (Å²) in [7, 11) is -3.36. The van der Waals surface area contributed by atoms with E-state index < -0.39 is 16.0 Å². The summed E-state index contributed by atoms with van der Waals surface area (Å²) in [6, 6.07) is 17.1. The molecule has 0 saturated carbocycles. The number of anilines is 1. The third-order valence-corrected chi connectivity index (χ3v) is 9.31. The van der Waals surface area contributed by atoms with Crippen molar-refractivity contribution in [2.45, 2.75) is 51.5 Å². The first-order valence-electron chi connectivity index (χ1n) is 12.0. The van der Waals surface area contributed by atoms with Crippen molar-refractivity contribution < 1.29 is 23.1 Å². The van der Waals surface area contributed by atoms with E-state index in [-0.39, 0.29) is 28.5 Å². The standard InChI is InChI=1S/C27H31N2O5S2/c1-18(2)34-27(31)26-24(30)19(3)25(35-26)21-10-7-11-23(16-21)28-22-12-14-29(15-13-22)36(32,33)17-20-8-5-4-6-9-20/h4-11,16,18,22,28H,12-15,17H2,1-3H3. The van der Waals surface area contributed by atoms with Gasteiger partial charge >= 0.3 is 5.97 Å². The summed E-state index contributed by atoms with van der Waals surface area (Å²) in [5.74, 6) is -0.858. The molecule has 2 heterocycles. The van der Waals surface area contributed by atoms with Crippen LogP contribution in [0.5, 0.6) is 5.75 Å². The van der Waals surface area contributed by atoms with Crippen LogP contribution in [0.25, 0.3) is 10.4 Å². The van der Waals surface area contributed by atoms with Gasteiger partial charge < -0.3 is 10.1 Å². The van der Waals surface area contributed by atoms with Gasteiger partial charge in [0.15, 0.2) is 4.88 Å². The molecule has 1 fully saturated rings. The second kappa shape index (κ2) is 11.0. The minimum Gasteiger partial charge on any atom is -0.459 e. The van der Waals surface area contributed by atoms with Gasteiger partial charge in [-0.05, 0) is 56.9 Å². The molecule has 1 aliphatic heterocycles. The maximum Gasteiger partial charge on any atom is 0.352 e. The summed E-state index contributed by atoms with van der Waals surface area (Å²) >= 11 is 1.16. The summed E-state index contributed by atoms with van der Waals surface area (Å²) in [5.41, 5.74) is 3.07. The first-order chi connectivity index (χ1) is 17.1. The Kier molecular flexibility index (Phi) is 8.02. The zero-order valence-electron chi connectivity index (χ0n) is 20.7. The van der Waals surface area contributed by atoms with Gasteiger partial charge in [-0.1, -0.05) is 42.5 Å². The molecular weight excluding hydrogens is 496 g/mol. The Hall–Kier alpha value is -2.88. The summed E-state index contributed by atoms with van der Waals surface area (Å²) in [5, 5.41) is 16.2. The van der Waals surface area contributed by atoms with Crippen molar-refractivity contribution in [2.75, 3.05) is 18.4 Å². The van der Waals surface area contributed by atoms with E-state index in [0.717, 1.165) is 33.0 Å². The lowest BCUT2D eigenvalue weighted by molar-refractivity contribution is 0.0379. The quantitative estimate of drug-likeness (QED) is 0.371. The average molecular weight is 528 g/mol. The molecule has 0 unspecified atom stereocenters. The highest BCUT2D eigenvalue weighted by Gasteiger charge is 2.28. The molecule has 0 amide bonds. The number of piperidine rings is 1. The van der Waals surface area contributed by atoms with Crippen molar-refractivity contribution in [3.63, 3.8) is 0 Å². The maximum atomic E-state index is 12.8. The van der Waals surface area contributed by atoms with Gasteiger partial charge in [0.1, 0.15) is 0 Å². The molecular formula is C27H31N2O5S2. The van der Waals surface area contributed by atoms with E-state index in [1.54, 1.807) is 25.1 Å². The van der Waals surface area contributed by atoms with Crippen LogP contribution in [0.3, 0.4) is 0 Å². The molecule has 2 aromatic carbocycles. The number of nitrogens with zero attached hydrogens (tertiary/aromatic N) is 1. The molecule has 3 aromatic rings. The van der Waals surface area contributed by atoms with E-state index in [0.29, 0.717) is 31.5 Å². The molecule has 0 spiro atoms. The van der Waals surface area contributed by atoms with Crippen LogP contribution in [0, 0.1) is 6.92 Å². The molecule has 1 radical (unpaired) electrons. The summed E-state index contributed by atoms with van der Waals surface area (Å²) in [4.78, 5) is 13.2. The number of hydrogen-bond donors (Lipinski definition) is 1. The zero-order chi connectivity index (χ0) is 25.9. The molecule has 36 heavy (non-hydrogen) atoms. The first-order valence-corrected chi connectivity index (χ1v) is 14.5. The van der Waals surface area contributed by atoms with Crippen LogP contribution < -0.4 is 5.32 Å². The second-order valence-electron chi connectivity index (χ2n) is 9.31. The highest BCUT2D eigenvalue weighted by Crippen LogP contribution is 2.42. The lowest BCUT2D eigenvalue weighted by atomic mass is 10.1. The molecule has 0 atom stereocenters. The number of nitrogens with one attached hydrogen (secondary N) is 1. The Morgan fingerprint density at radius 2 is 1.81 bits per heavy atom. The fourth-order valence-corrected chi connectivity index (χ4v) is 6.95. The summed E-state index contributed by atoms with van der Waals surface area (Å²) in [6.07, 6.45) is 1.10. The van der Waals surface area contributed by atoms with Crippen molar-refractivity contribution in [2.24, 2.45) is 0 Å².